The van der Waals surface area contributed by atoms with Gasteiger partial charge in [0.25, 0.3) is 0 Å². The molecule has 1 rings (SSSR count). The molecule has 0 bridgehead atoms. The molecule has 0 saturated heterocycles. The Balaban J connectivity index is 2.60. The maximum absolute atomic E-state index is 11.1. The highest BCUT2D eigenvalue weighted by atomic mass is 16.5. The number of carbonyl (C=O) groups excluding carboxylic acids is 2. The van der Waals surface area contributed by atoms with Crippen molar-refractivity contribution in [2.45, 2.75) is 19.8 Å². The predicted octanol–water partition coefficient (Wildman–Crippen LogP) is 0.775. The molecule has 0 N–H and O–H groups in total. The first kappa shape index (κ1) is 8.24. The van der Waals surface area contributed by atoms with E-state index in [-0.39, 0.29) is 11.8 Å². The Morgan fingerprint density at radius 3 is 2.64 bits per heavy atom. The van der Waals surface area contributed by atoms with E-state index in [0.717, 1.165) is 0 Å². The van der Waals surface area contributed by atoms with Crippen molar-refractivity contribution >= 4 is 11.8 Å². The minimum absolute atomic E-state index is 0.0318. The van der Waals surface area contributed by atoms with E-state index in [9.17, 15) is 9.59 Å². The normalized spacial score (nSPS) is 30.5. The van der Waals surface area contributed by atoms with Crippen LogP contribution in [0.5, 0.6) is 0 Å². The van der Waals surface area contributed by atoms with E-state index in [4.69, 9.17) is 0 Å². The molecule has 1 saturated carbocycles. The van der Waals surface area contributed by atoms with Crippen LogP contribution < -0.4 is 0 Å². The highest BCUT2D eigenvalue weighted by Gasteiger charge is 2.35. The van der Waals surface area contributed by atoms with Crippen LogP contribution in [0.2, 0.25) is 0 Å². The standard InChI is InChI=1S/C8H12O3/c1-5-3-6(7(9)4-5)8(10)11-2/h5-6H,3-4H2,1-2H3/t5-,6+/m0/s1. The van der Waals surface area contributed by atoms with Gasteiger partial charge in [0.2, 0.25) is 0 Å². The number of methoxy groups -OCH3 is 1. The van der Waals surface area contributed by atoms with Gasteiger partial charge in [0.15, 0.2) is 0 Å². The molecule has 0 radical (unpaired) electrons. The summed E-state index contributed by atoms with van der Waals surface area (Å²) in [7, 11) is 1.32. The van der Waals surface area contributed by atoms with Gasteiger partial charge in [-0.2, -0.15) is 0 Å². The molecule has 0 aromatic heterocycles. The third-order valence-corrected chi connectivity index (χ3v) is 2.06. The Labute approximate surface area is 65.7 Å². The van der Waals surface area contributed by atoms with E-state index in [1.807, 2.05) is 6.92 Å². The lowest BCUT2D eigenvalue weighted by Crippen LogP contribution is -2.19. The zero-order valence-corrected chi connectivity index (χ0v) is 6.79. The first-order valence-corrected chi connectivity index (χ1v) is 3.75. The molecule has 0 aliphatic heterocycles. The first-order valence-electron chi connectivity index (χ1n) is 3.75. The highest BCUT2D eigenvalue weighted by Crippen LogP contribution is 2.27. The summed E-state index contributed by atoms with van der Waals surface area (Å²) in [6, 6.07) is 0. The summed E-state index contributed by atoms with van der Waals surface area (Å²) in [4.78, 5) is 22.0. The molecule has 11 heavy (non-hydrogen) atoms. The van der Waals surface area contributed by atoms with Crippen LogP contribution in [0.3, 0.4) is 0 Å². The van der Waals surface area contributed by atoms with E-state index in [1.54, 1.807) is 0 Å². The Bertz CT molecular complexity index is 178. The smallest absolute Gasteiger partial charge is 0.316 e. The second kappa shape index (κ2) is 3.03. The number of ether oxygens (including phenoxy) is 1. The molecule has 1 aliphatic carbocycles. The zero-order valence-electron chi connectivity index (χ0n) is 6.79. The monoisotopic (exact) mass is 156 g/mol. The van der Waals surface area contributed by atoms with Crippen molar-refractivity contribution in [3.8, 4) is 0 Å². The fraction of sp³-hybridized carbons (Fsp3) is 0.750. The number of rotatable bonds is 1. The van der Waals surface area contributed by atoms with E-state index >= 15 is 0 Å². The van der Waals surface area contributed by atoms with E-state index < -0.39 is 5.92 Å². The van der Waals surface area contributed by atoms with Gasteiger partial charge in [-0.25, -0.2) is 0 Å². The molecular formula is C8H12O3. The predicted molar refractivity (Wildman–Crippen MR) is 38.9 cm³/mol. The van der Waals surface area contributed by atoms with Crippen LogP contribution in [0.1, 0.15) is 19.8 Å². The van der Waals surface area contributed by atoms with Gasteiger partial charge in [-0.3, -0.25) is 9.59 Å². The number of ketones is 1. The molecule has 3 nitrogen and oxygen atoms in total. The lowest BCUT2D eigenvalue weighted by molar-refractivity contribution is -0.148. The second-order valence-electron chi connectivity index (χ2n) is 3.09. The minimum Gasteiger partial charge on any atom is -0.468 e. The van der Waals surface area contributed by atoms with Gasteiger partial charge >= 0.3 is 5.97 Å². The molecule has 0 unspecified atom stereocenters. The molecule has 0 spiro atoms. The second-order valence-corrected chi connectivity index (χ2v) is 3.09. The molecule has 1 aliphatic rings. The Morgan fingerprint density at radius 2 is 2.27 bits per heavy atom. The van der Waals surface area contributed by atoms with Crippen molar-refractivity contribution in [3.05, 3.63) is 0 Å². The Hall–Kier alpha value is -0.860. The van der Waals surface area contributed by atoms with Crippen LogP contribution in [0.15, 0.2) is 0 Å². The van der Waals surface area contributed by atoms with Crippen molar-refractivity contribution in [1.29, 1.82) is 0 Å². The fourth-order valence-electron chi connectivity index (χ4n) is 1.47. The number of hydrogen-bond acceptors (Lipinski definition) is 3. The maximum atomic E-state index is 11.1. The van der Waals surface area contributed by atoms with Gasteiger partial charge in [0.05, 0.1) is 7.11 Å². The zero-order chi connectivity index (χ0) is 8.43. The van der Waals surface area contributed by atoms with Crippen LogP contribution in [-0.4, -0.2) is 18.9 Å². The average molecular weight is 156 g/mol. The number of hydrogen-bond donors (Lipinski definition) is 0. The summed E-state index contributed by atoms with van der Waals surface area (Å²) in [5.74, 6) is -0.481. The third kappa shape index (κ3) is 1.59. The van der Waals surface area contributed by atoms with Gasteiger partial charge in [0, 0.05) is 6.42 Å². The molecule has 1 fully saturated rings. The van der Waals surface area contributed by atoms with Crippen molar-refractivity contribution in [2.75, 3.05) is 7.11 Å². The summed E-state index contributed by atoms with van der Waals surface area (Å²) in [6.45, 7) is 1.97. The molecule has 0 amide bonds. The van der Waals surface area contributed by atoms with E-state index in [1.165, 1.54) is 7.11 Å². The summed E-state index contributed by atoms with van der Waals surface area (Å²) in [5, 5.41) is 0. The van der Waals surface area contributed by atoms with Crippen LogP contribution in [0, 0.1) is 11.8 Å². The number of carbonyl (C=O) groups is 2. The van der Waals surface area contributed by atoms with E-state index in [0.29, 0.717) is 18.8 Å². The fourth-order valence-corrected chi connectivity index (χ4v) is 1.47. The topological polar surface area (TPSA) is 43.4 Å². The van der Waals surface area contributed by atoms with Crippen LogP contribution in [0.4, 0.5) is 0 Å². The van der Waals surface area contributed by atoms with Crippen molar-refractivity contribution in [1.82, 2.24) is 0 Å². The van der Waals surface area contributed by atoms with Crippen LogP contribution in [0.25, 0.3) is 0 Å². The maximum Gasteiger partial charge on any atom is 0.316 e. The van der Waals surface area contributed by atoms with Crippen molar-refractivity contribution in [3.63, 3.8) is 0 Å². The SMILES string of the molecule is COC(=O)[C@@H]1C[C@H](C)CC1=O. The number of Topliss-reactive ketones (excluding diaryl/α,β-unsaturated/α-hetero) is 1. The van der Waals surface area contributed by atoms with E-state index in [2.05, 4.69) is 4.74 Å². The molecule has 2 atom stereocenters. The van der Waals surface area contributed by atoms with Gasteiger partial charge in [-0.1, -0.05) is 6.92 Å². The molecule has 3 heteroatoms. The first-order chi connectivity index (χ1) is 5.15. The van der Waals surface area contributed by atoms with Gasteiger partial charge in [-0.15, -0.1) is 0 Å². The quantitative estimate of drug-likeness (QED) is 0.416. The highest BCUT2D eigenvalue weighted by molar-refractivity contribution is 6.00. The lowest BCUT2D eigenvalue weighted by atomic mass is 10.1. The molecule has 0 heterocycles. The summed E-state index contributed by atoms with van der Waals surface area (Å²) >= 11 is 0. The van der Waals surface area contributed by atoms with Gasteiger partial charge in [-0.05, 0) is 12.3 Å². The van der Waals surface area contributed by atoms with Crippen molar-refractivity contribution < 1.29 is 14.3 Å². The summed E-state index contributed by atoms with van der Waals surface area (Å²) in [6.07, 6.45) is 1.19. The van der Waals surface area contributed by atoms with Crippen LogP contribution >= 0.6 is 0 Å². The molecular weight excluding hydrogens is 144 g/mol. The van der Waals surface area contributed by atoms with Crippen LogP contribution in [-0.2, 0) is 14.3 Å². The molecule has 0 aromatic carbocycles. The number of esters is 1. The summed E-state index contributed by atoms with van der Waals surface area (Å²) in [5.41, 5.74) is 0. The largest absolute Gasteiger partial charge is 0.468 e. The average Bonchev–Trinajstić information content (AvgIpc) is 2.28. The lowest BCUT2D eigenvalue weighted by Gasteiger charge is -2.03. The van der Waals surface area contributed by atoms with Gasteiger partial charge in [0.1, 0.15) is 11.7 Å². The van der Waals surface area contributed by atoms with Crippen molar-refractivity contribution in [2.24, 2.45) is 11.8 Å². The molecule has 0 aromatic rings. The minimum atomic E-state index is -0.477. The Morgan fingerprint density at radius 1 is 1.64 bits per heavy atom. The van der Waals surface area contributed by atoms with Gasteiger partial charge < -0.3 is 4.74 Å². The third-order valence-electron chi connectivity index (χ3n) is 2.06. The Kier molecular flexibility index (Phi) is 2.27. The molecule has 62 valence electrons. The summed E-state index contributed by atoms with van der Waals surface area (Å²) < 4.78 is 4.49.